The minimum Gasteiger partial charge on any atom is -0.444 e. The summed E-state index contributed by atoms with van der Waals surface area (Å²) in [5.41, 5.74) is -0.854. The van der Waals surface area contributed by atoms with E-state index < -0.39 is 17.7 Å². The summed E-state index contributed by atoms with van der Waals surface area (Å²) in [6.07, 6.45) is 1.51. The molecule has 2 amide bonds. The monoisotopic (exact) mass is 346 g/mol. The number of rotatable bonds is 4. The summed E-state index contributed by atoms with van der Waals surface area (Å²) in [4.78, 5) is 28.7. The predicted molar refractivity (Wildman–Crippen MR) is 92.4 cm³/mol. The van der Waals surface area contributed by atoms with Crippen LogP contribution >= 0.6 is 11.6 Å². The van der Waals surface area contributed by atoms with Gasteiger partial charge in [-0.15, -0.1) is 11.6 Å². The molecular formula is C17H31ClN2O3. The van der Waals surface area contributed by atoms with Gasteiger partial charge in [-0.3, -0.25) is 9.69 Å². The molecule has 1 fully saturated rings. The summed E-state index contributed by atoms with van der Waals surface area (Å²) >= 11 is 5.74. The van der Waals surface area contributed by atoms with Gasteiger partial charge in [-0.2, -0.15) is 0 Å². The fourth-order valence-corrected chi connectivity index (χ4v) is 3.26. The van der Waals surface area contributed by atoms with Crippen molar-refractivity contribution < 1.29 is 14.3 Å². The molecule has 2 unspecified atom stereocenters. The van der Waals surface area contributed by atoms with E-state index >= 15 is 0 Å². The molecule has 1 rings (SSSR count). The fourth-order valence-electron chi connectivity index (χ4n) is 3.07. The lowest BCUT2D eigenvalue weighted by Gasteiger charge is -2.39. The number of carbonyl (C=O) groups is 2. The van der Waals surface area contributed by atoms with Crippen LogP contribution in [0.1, 0.15) is 60.8 Å². The van der Waals surface area contributed by atoms with Gasteiger partial charge in [0.15, 0.2) is 0 Å². The van der Waals surface area contributed by atoms with Gasteiger partial charge in [0.1, 0.15) is 17.8 Å². The molecule has 0 radical (unpaired) electrons. The minimum absolute atomic E-state index is 0.0228. The van der Waals surface area contributed by atoms with E-state index in [1.807, 2.05) is 41.5 Å². The third-order valence-corrected chi connectivity index (χ3v) is 4.11. The summed E-state index contributed by atoms with van der Waals surface area (Å²) in [5, 5.41) is 0. The van der Waals surface area contributed by atoms with E-state index in [-0.39, 0.29) is 17.5 Å². The van der Waals surface area contributed by atoms with Crippen LogP contribution in [0.5, 0.6) is 0 Å². The summed E-state index contributed by atoms with van der Waals surface area (Å²) in [6, 6.07) is -0.470. The Morgan fingerprint density at radius 3 is 2.17 bits per heavy atom. The second kappa shape index (κ2) is 7.29. The third-order valence-electron chi connectivity index (χ3n) is 3.84. The van der Waals surface area contributed by atoms with Gasteiger partial charge < -0.3 is 9.64 Å². The second-order valence-corrected chi connectivity index (χ2v) is 8.65. The first kappa shape index (κ1) is 20.1. The van der Waals surface area contributed by atoms with Gasteiger partial charge in [0, 0.05) is 18.3 Å². The molecule has 134 valence electrons. The van der Waals surface area contributed by atoms with E-state index in [1.165, 1.54) is 0 Å². The molecule has 1 heterocycles. The largest absolute Gasteiger partial charge is 0.444 e. The highest BCUT2D eigenvalue weighted by atomic mass is 35.5. The number of halogens is 1. The van der Waals surface area contributed by atoms with Crippen LogP contribution in [0, 0.1) is 5.41 Å². The predicted octanol–water partition coefficient (Wildman–Crippen LogP) is 3.85. The highest BCUT2D eigenvalue weighted by Crippen LogP contribution is 2.36. The molecule has 23 heavy (non-hydrogen) atoms. The van der Waals surface area contributed by atoms with Crippen LogP contribution in [-0.4, -0.2) is 52.5 Å². The first-order valence-electron chi connectivity index (χ1n) is 8.24. The maximum atomic E-state index is 12.8. The van der Waals surface area contributed by atoms with Crippen LogP contribution in [0.25, 0.3) is 0 Å². The molecule has 0 aromatic rings. The number of alkyl halides is 1. The lowest BCUT2D eigenvalue weighted by molar-refractivity contribution is -0.129. The van der Waals surface area contributed by atoms with E-state index in [2.05, 4.69) is 0 Å². The van der Waals surface area contributed by atoms with Gasteiger partial charge in [0.25, 0.3) is 0 Å². The van der Waals surface area contributed by atoms with Crippen LogP contribution in [0.4, 0.5) is 4.79 Å². The summed E-state index contributed by atoms with van der Waals surface area (Å²) < 4.78 is 5.56. The van der Waals surface area contributed by atoms with Gasteiger partial charge >= 0.3 is 6.09 Å². The molecule has 1 saturated heterocycles. The number of ether oxygens (including phenoxy) is 1. The standard InChI is InChI=1S/C17H31ClN2O3/c1-16(2,3)14-19(7)13(21)12(10-8-9-11-18)20(14)15(22)23-17(4,5)6/h12,14H,8-11H2,1-7H3. The number of likely N-dealkylation sites (N-methyl/N-ethyl adjacent to an activating group) is 1. The Hall–Kier alpha value is -0.970. The Labute approximate surface area is 145 Å². The molecule has 0 aromatic heterocycles. The minimum atomic E-state index is -0.593. The van der Waals surface area contributed by atoms with Crippen molar-refractivity contribution in [1.29, 1.82) is 0 Å². The molecule has 5 nitrogen and oxygen atoms in total. The summed E-state index contributed by atoms with van der Waals surface area (Å²) in [6.45, 7) is 11.6. The van der Waals surface area contributed by atoms with Gasteiger partial charge in [-0.1, -0.05) is 20.8 Å². The molecule has 1 aliphatic rings. The Morgan fingerprint density at radius 1 is 1.17 bits per heavy atom. The van der Waals surface area contributed by atoms with Crippen LogP contribution in [-0.2, 0) is 9.53 Å². The lowest BCUT2D eigenvalue weighted by Crippen LogP contribution is -2.52. The molecular weight excluding hydrogens is 316 g/mol. The average molecular weight is 347 g/mol. The number of carbonyl (C=O) groups excluding carboxylic acids is 2. The number of unbranched alkanes of at least 4 members (excludes halogenated alkanes) is 1. The van der Waals surface area contributed by atoms with Gasteiger partial charge in [-0.25, -0.2) is 4.79 Å². The molecule has 0 bridgehead atoms. The van der Waals surface area contributed by atoms with Crippen molar-refractivity contribution in [3.63, 3.8) is 0 Å². The summed E-state index contributed by atoms with van der Waals surface area (Å²) in [7, 11) is 1.76. The molecule has 0 N–H and O–H groups in total. The third kappa shape index (κ3) is 5.00. The topological polar surface area (TPSA) is 49.9 Å². The zero-order chi connectivity index (χ0) is 18.0. The van der Waals surface area contributed by atoms with Crippen LogP contribution < -0.4 is 0 Å². The molecule has 2 atom stereocenters. The van der Waals surface area contributed by atoms with E-state index in [1.54, 1.807) is 16.8 Å². The Bertz CT molecular complexity index is 440. The zero-order valence-electron chi connectivity index (χ0n) is 15.5. The van der Waals surface area contributed by atoms with Crippen LogP contribution in [0.15, 0.2) is 0 Å². The maximum absolute atomic E-state index is 12.8. The molecule has 0 aromatic carbocycles. The Kier molecular flexibility index (Phi) is 6.36. The van der Waals surface area contributed by atoms with Crippen LogP contribution in [0.2, 0.25) is 0 Å². The molecule has 6 heteroatoms. The molecule has 0 aliphatic carbocycles. The van der Waals surface area contributed by atoms with Crippen molar-refractivity contribution in [2.45, 2.75) is 78.6 Å². The highest BCUT2D eigenvalue weighted by molar-refractivity contribution is 6.17. The lowest BCUT2D eigenvalue weighted by atomic mass is 9.91. The smallest absolute Gasteiger partial charge is 0.412 e. The average Bonchev–Trinajstić information content (AvgIpc) is 2.61. The number of hydrogen-bond donors (Lipinski definition) is 0. The van der Waals surface area contributed by atoms with Crippen molar-refractivity contribution in [1.82, 2.24) is 9.80 Å². The first-order chi connectivity index (χ1) is 10.4. The van der Waals surface area contributed by atoms with E-state index in [4.69, 9.17) is 16.3 Å². The Morgan fingerprint density at radius 2 is 1.74 bits per heavy atom. The SMILES string of the molecule is CN1C(=O)C(CCCCCl)N(C(=O)OC(C)(C)C)C1C(C)(C)C. The molecule has 0 saturated carbocycles. The Balaban J connectivity index is 3.10. The van der Waals surface area contributed by atoms with Gasteiger partial charge in [-0.05, 0) is 40.0 Å². The van der Waals surface area contributed by atoms with E-state index in [9.17, 15) is 9.59 Å². The summed E-state index contributed by atoms with van der Waals surface area (Å²) in [5.74, 6) is 0.539. The first-order valence-corrected chi connectivity index (χ1v) is 8.77. The highest BCUT2D eigenvalue weighted by Gasteiger charge is 2.52. The molecule has 1 aliphatic heterocycles. The van der Waals surface area contributed by atoms with Crippen molar-refractivity contribution in [3.05, 3.63) is 0 Å². The zero-order valence-corrected chi connectivity index (χ0v) is 16.2. The van der Waals surface area contributed by atoms with Gasteiger partial charge in [0.05, 0.1) is 0 Å². The normalized spacial score (nSPS) is 22.7. The van der Waals surface area contributed by atoms with E-state index in [0.717, 1.165) is 12.8 Å². The molecule has 0 spiro atoms. The number of amides is 2. The van der Waals surface area contributed by atoms with Crippen molar-refractivity contribution in [2.24, 2.45) is 5.41 Å². The fraction of sp³-hybridized carbons (Fsp3) is 0.882. The van der Waals surface area contributed by atoms with Crippen molar-refractivity contribution in [2.75, 3.05) is 12.9 Å². The van der Waals surface area contributed by atoms with Gasteiger partial charge in [0.2, 0.25) is 5.91 Å². The van der Waals surface area contributed by atoms with E-state index in [0.29, 0.717) is 12.3 Å². The maximum Gasteiger partial charge on any atom is 0.412 e. The number of hydrogen-bond acceptors (Lipinski definition) is 3. The van der Waals surface area contributed by atoms with Crippen LogP contribution in [0.3, 0.4) is 0 Å². The van der Waals surface area contributed by atoms with Crippen molar-refractivity contribution in [3.8, 4) is 0 Å². The second-order valence-electron chi connectivity index (χ2n) is 8.28. The quantitative estimate of drug-likeness (QED) is 0.574. The number of nitrogens with zero attached hydrogens (tertiary/aromatic N) is 2. The van der Waals surface area contributed by atoms with Crippen molar-refractivity contribution >= 4 is 23.6 Å².